The normalized spacial score (nSPS) is 10.2. The topological polar surface area (TPSA) is 38.9 Å². The Bertz CT molecular complexity index is 779. The van der Waals surface area contributed by atoms with Gasteiger partial charge in [-0.3, -0.25) is 0 Å². The van der Waals surface area contributed by atoms with Gasteiger partial charge in [0.25, 0.3) is 0 Å². The maximum Gasteiger partial charge on any atom is 0.196 e. The number of aromatic nitrogens is 2. The first kappa shape index (κ1) is 12.4. The molecule has 0 N–H and O–H groups in total. The molecular weight excluding hydrogens is 248 g/mol. The molecule has 0 bridgehead atoms. The summed E-state index contributed by atoms with van der Waals surface area (Å²) in [7, 11) is 0. The monoisotopic (exact) mass is 262 g/mol. The van der Waals surface area contributed by atoms with Crippen molar-refractivity contribution in [1.82, 2.24) is 9.97 Å². The lowest BCUT2D eigenvalue weighted by atomic mass is 10.2. The van der Waals surface area contributed by atoms with Gasteiger partial charge in [0.05, 0.1) is 0 Å². The van der Waals surface area contributed by atoms with Gasteiger partial charge in [0.15, 0.2) is 11.5 Å². The lowest BCUT2D eigenvalue weighted by molar-refractivity contribution is 0.531. The van der Waals surface area contributed by atoms with Gasteiger partial charge in [-0.15, -0.1) is 0 Å². The van der Waals surface area contributed by atoms with Gasteiger partial charge in [0.1, 0.15) is 11.2 Å². The van der Waals surface area contributed by atoms with Crippen molar-refractivity contribution in [3.8, 4) is 11.8 Å². The summed E-state index contributed by atoms with van der Waals surface area (Å²) in [5, 5.41) is 0. The Kier molecular flexibility index (Phi) is 3.47. The fourth-order valence-electron chi connectivity index (χ4n) is 2.00. The molecule has 0 aliphatic rings. The van der Waals surface area contributed by atoms with Gasteiger partial charge in [0, 0.05) is 19.0 Å². The molecule has 0 amide bonds. The Hall–Kier alpha value is -2.60. The molecule has 2 aromatic heterocycles. The molecule has 20 heavy (non-hydrogen) atoms. The van der Waals surface area contributed by atoms with Crippen molar-refractivity contribution in [3.63, 3.8) is 0 Å². The molecule has 98 valence electrons. The zero-order chi connectivity index (χ0) is 13.8. The van der Waals surface area contributed by atoms with Crippen molar-refractivity contribution in [2.75, 3.05) is 0 Å². The highest BCUT2D eigenvalue weighted by Gasteiger charge is 2.06. The Balaban J connectivity index is 1.69. The van der Waals surface area contributed by atoms with Crippen LogP contribution in [0.25, 0.3) is 11.1 Å². The van der Waals surface area contributed by atoms with Crippen LogP contribution in [0.15, 0.2) is 47.0 Å². The average Bonchev–Trinajstić information content (AvgIpc) is 2.89. The lowest BCUT2D eigenvalue weighted by Gasteiger charge is -1.88. The van der Waals surface area contributed by atoms with E-state index in [9.17, 15) is 0 Å². The molecule has 0 aliphatic heterocycles. The number of benzene rings is 1. The Morgan fingerprint density at radius 3 is 2.90 bits per heavy atom. The summed E-state index contributed by atoms with van der Waals surface area (Å²) >= 11 is 0. The van der Waals surface area contributed by atoms with Crippen molar-refractivity contribution in [1.29, 1.82) is 0 Å². The summed E-state index contributed by atoms with van der Waals surface area (Å²) < 4.78 is 5.71. The van der Waals surface area contributed by atoms with Gasteiger partial charge in [0.2, 0.25) is 0 Å². The summed E-state index contributed by atoms with van der Waals surface area (Å²) in [6.45, 7) is 2.04. The summed E-state index contributed by atoms with van der Waals surface area (Å²) in [5.74, 6) is 6.87. The summed E-state index contributed by atoms with van der Waals surface area (Å²) in [6.07, 6.45) is 3.17. The molecule has 3 rings (SSSR count). The van der Waals surface area contributed by atoms with Gasteiger partial charge in [-0.25, -0.2) is 9.97 Å². The molecule has 2 heterocycles. The summed E-state index contributed by atoms with van der Waals surface area (Å²) in [6, 6.07) is 11.7. The number of rotatable bonds is 2. The molecule has 0 aliphatic carbocycles. The minimum atomic E-state index is 0.711. The highest BCUT2D eigenvalue weighted by molar-refractivity contribution is 5.76. The highest BCUT2D eigenvalue weighted by atomic mass is 16.3. The van der Waals surface area contributed by atoms with Crippen LogP contribution in [0.2, 0.25) is 0 Å². The minimum Gasteiger partial charge on any atom is -0.441 e. The average molecular weight is 262 g/mol. The Morgan fingerprint density at radius 1 is 1.15 bits per heavy atom. The van der Waals surface area contributed by atoms with Crippen LogP contribution in [0.4, 0.5) is 0 Å². The van der Waals surface area contributed by atoms with Crippen molar-refractivity contribution in [2.45, 2.75) is 19.8 Å². The van der Waals surface area contributed by atoms with Crippen LogP contribution >= 0.6 is 0 Å². The third kappa shape index (κ3) is 2.70. The van der Waals surface area contributed by atoms with Crippen LogP contribution in [0.3, 0.4) is 0 Å². The second-order valence-corrected chi connectivity index (χ2v) is 4.55. The molecule has 0 radical (unpaired) electrons. The predicted molar refractivity (Wildman–Crippen MR) is 78.2 cm³/mol. The third-order valence-corrected chi connectivity index (χ3v) is 3.01. The summed E-state index contributed by atoms with van der Waals surface area (Å²) in [5.41, 5.74) is 3.72. The number of pyridine rings is 1. The molecule has 1 aromatic carbocycles. The number of fused-ring (bicyclic) bond motifs is 1. The maximum absolute atomic E-state index is 5.71. The number of para-hydroxylation sites is 1. The molecule has 3 aromatic rings. The van der Waals surface area contributed by atoms with Gasteiger partial charge in [-0.05, 0) is 36.6 Å². The molecule has 0 unspecified atom stereocenters. The molecule has 0 saturated heterocycles. The predicted octanol–water partition coefficient (Wildman–Crippen LogP) is 3.52. The van der Waals surface area contributed by atoms with Crippen LogP contribution in [0, 0.1) is 18.8 Å². The van der Waals surface area contributed by atoms with E-state index < -0.39 is 0 Å². The highest BCUT2D eigenvalue weighted by Crippen LogP contribution is 2.19. The second kappa shape index (κ2) is 5.58. The Labute approximate surface area is 117 Å². The number of hydrogen-bond donors (Lipinski definition) is 0. The van der Waals surface area contributed by atoms with E-state index in [0.717, 1.165) is 28.2 Å². The van der Waals surface area contributed by atoms with Crippen LogP contribution in [-0.4, -0.2) is 9.97 Å². The lowest BCUT2D eigenvalue weighted by Crippen LogP contribution is -1.84. The smallest absolute Gasteiger partial charge is 0.196 e. The first-order chi connectivity index (χ1) is 9.83. The zero-order valence-electron chi connectivity index (χ0n) is 11.3. The molecule has 3 nitrogen and oxygen atoms in total. The fourth-order valence-corrected chi connectivity index (χ4v) is 2.00. The van der Waals surface area contributed by atoms with Gasteiger partial charge in [-0.2, -0.15) is 0 Å². The van der Waals surface area contributed by atoms with Crippen molar-refractivity contribution < 1.29 is 4.42 Å². The minimum absolute atomic E-state index is 0.711. The Morgan fingerprint density at radius 2 is 2.10 bits per heavy atom. The summed E-state index contributed by atoms with van der Waals surface area (Å²) in [4.78, 5) is 8.66. The number of aryl methyl sites for hydroxylation is 2. The van der Waals surface area contributed by atoms with Gasteiger partial charge in [-0.1, -0.05) is 24.1 Å². The first-order valence-electron chi connectivity index (χ1n) is 6.58. The van der Waals surface area contributed by atoms with E-state index >= 15 is 0 Å². The first-order valence-corrected chi connectivity index (χ1v) is 6.58. The molecule has 0 atom stereocenters. The van der Waals surface area contributed by atoms with E-state index in [0.29, 0.717) is 12.8 Å². The van der Waals surface area contributed by atoms with Crippen LogP contribution in [-0.2, 0) is 6.42 Å². The van der Waals surface area contributed by atoms with Crippen LogP contribution < -0.4 is 0 Å². The number of hydrogen-bond acceptors (Lipinski definition) is 3. The molecule has 0 fully saturated rings. The number of nitrogens with zero attached hydrogens (tertiary/aromatic N) is 2. The zero-order valence-corrected chi connectivity index (χ0v) is 11.3. The van der Waals surface area contributed by atoms with Crippen LogP contribution in [0.1, 0.15) is 23.6 Å². The van der Waals surface area contributed by atoms with Gasteiger partial charge >= 0.3 is 0 Å². The molecular formula is C17H14N2O. The van der Waals surface area contributed by atoms with E-state index in [1.54, 1.807) is 6.20 Å². The molecule has 3 heteroatoms. The molecule has 0 spiro atoms. The second-order valence-electron chi connectivity index (χ2n) is 4.55. The maximum atomic E-state index is 5.71. The van der Waals surface area contributed by atoms with E-state index in [4.69, 9.17) is 4.42 Å². The standard InChI is InChI=1S/C17H14N2O/c1-13-7-6-10-15-17(13)19-16(20-15)11-3-2-8-14-9-4-5-12-18-14/h4-7,9-10,12H,3,11H2,1H3. The number of oxazole rings is 1. The quantitative estimate of drug-likeness (QED) is 0.663. The van der Waals surface area contributed by atoms with Crippen molar-refractivity contribution >= 4 is 11.1 Å². The fraction of sp³-hybridized carbons (Fsp3) is 0.176. The van der Waals surface area contributed by atoms with E-state index in [1.807, 2.05) is 43.3 Å². The SMILES string of the molecule is Cc1cccc2oc(CCC#Cc3ccccn3)nc12. The van der Waals surface area contributed by atoms with E-state index in [1.165, 1.54) is 0 Å². The third-order valence-electron chi connectivity index (χ3n) is 3.01. The van der Waals surface area contributed by atoms with Gasteiger partial charge < -0.3 is 4.42 Å². The largest absolute Gasteiger partial charge is 0.441 e. The van der Waals surface area contributed by atoms with Crippen LogP contribution in [0.5, 0.6) is 0 Å². The van der Waals surface area contributed by atoms with Crippen molar-refractivity contribution in [3.05, 3.63) is 59.7 Å². The van der Waals surface area contributed by atoms with Crippen molar-refractivity contribution in [2.24, 2.45) is 0 Å². The molecule has 0 saturated carbocycles. The van der Waals surface area contributed by atoms with E-state index in [2.05, 4.69) is 21.8 Å². The van der Waals surface area contributed by atoms with E-state index in [-0.39, 0.29) is 0 Å².